The number of nitro benzene ring substituents is 1. The number of aliphatic carboxylic acids is 1. The van der Waals surface area contributed by atoms with Gasteiger partial charge in [0.15, 0.2) is 0 Å². The Morgan fingerprint density at radius 1 is 1.44 bits per heavy atom. The van der Waals surface area contributed by atoms with Crippen LogP contribution >= 0.6 is 0 Å². The molecular formula is C12H16N2O4. The molecule has 0 spiro atoms. The number of carbonyl (C=O) groups is 1. The van der Waals surface area contributed by atoms with Crippen molar-refractivity contribution in [2.24, 2.45) is 5.92 Å². The van der Waals surface area contributed by atoms with Crippen molar-refractivity contribution < 1.29 is 14.8 Å². The maximum atomic E-state index is 11.1. The lowest BCUT2D eigenvalue weighted by molar-refractivity contribution is -0.384. The maximum Gasteiger partial charge on any atom is 0.326 e. The van der Waals surface area contributed by atoms with E-state index < -0.39 is 16.9 Å². The molecule has 0 unspecified atom stereocenters. The fourth-order valence-electron chi connectivity index (χ4n) is 1.64. The minimum atomic E-state index is -1.01. The van der Waals surface area contributed by atoms with Crippen molar-refractivity contribution >= 4 is 17.3 Å². The van der Waals surface area contributed by atoms with E-state index in [1.165, 1.54) is 12.1 Å². The molecule has 1 atom stereocenters. The Balaban J connectivity index is 2.93. The highest BCUT2D eigenvalue weighted by molar-refractivity contribution is 5.78. The van der Waals surface area contributed by atoms with E-state index in [0.717, 1.165) is 0 Å². The Kier molecular flexibility index (Phi) is 4.65. The molecule has 0 heterocycles. The monoisotopic (exact) mass is 252 g/mol. The van der Waals surface area contributed by atoms with Crippen LogP contribution in [0.25, 0.3) is 0 Å². The van der Waals surface area contributed by atoms with Crippen LogP contribution in [0.2, 0.25) is 0 Å². The van der Waals surface area contributed by atoms with Gasteiger partial charge >= 0.3 is 5.97 Å². The zero-order valence-electron chi connectivity index (χ0n) is 10.3. The summed E-state index contributed by atoms with van der Waals surface area (Å²) in [5.41, 5.74) is 0.114. The molecule has 6 nitrogen and oxygen atoms in total. The summed E-state index contributed by atoms with van der Waals surface area (Å²) in [6, 6.07) is 5.20. The molecular weight excluding hydrogens is 236 g/mol. The molecule has 98 valence electrons. The molecule has 0 bridgehead atoms. The zero-order valence-corrected chi connectivity index (χ0v) is 10.3. The summed E-state index contributed by atoms with van der Waals surface area (Å²) in [6.07, 6.45) is 0.404. The molecule has 2 N–H and O–H groups in total. The fourth-order valence-corrected chi connectivity index (χ4v) is 1.64. The minimum absolute atomic E-state index is 0.118. The second-order valence-corrected chi connectivity index (χ2v) is 4.44. The Bertz CT molecular complexity index is 445. The number of hydrogen-bond acceptors (Lipinski definition) is 4. The third-order valence-electron chi connectivity index (χ3n) is 2.44. The molecule has 0 amide bonds. The van der Waals surface area contributed by atoms with Gasteiger partial charge in [-0.3, -0.25) is 10.1 Å². The van der Waals surface area contributed by atoms with Crippen molar-refractivity contribution in [3.8, 4) is 0 Å². The van der Waals surface area contributed by atoms with Crippen LogP contribution in [0.5, 0.6) is 0 Å². The molecule has 1 rings (SSSR count). The van der Waals surface area contributed by atoms with Gasteiger partial charge < -0.3 is 10.4 Å². The van der Waals surface area contributed by atoms with Gasteiger partial charge in [-0.25, -0.2) is 4.79 Å². The van der Waals surface area contributed by atoms with Crippen LogP contribution in [-0.4, -0.2) is 22.0 Å². The summed E-state index contributed by atoms with van der Waals surface area (Å²) >= 11 is 0. The molecule has 0 aromatic heterocycles. The molecule has 0 saturated carbocycles. The Hall–Kier alpha value is -2.11. The number of hydrogen-bond donors (Lipinski definition) is 2. The molecule has 1 aromatic carbocycles. The van der Waals surface area contributed by atoms with E-state index in [0.29, 0.717) is 6.42 Å². The molecule has 0 radical (unpaired) electrons. The first-order chi connectivity index (χ1) is 8.41. The summed E-state index contributed by atoms with van der Waals surface area (Å²) in [7, 11) is 0. The van der Waals surface area contributed by atoms with Gasteiger partial charge in [0.1, 0.15) is 11.7 Å². The number of benzene rings is 1. The smallest absolute Gasteiger partial charge is 0.326 e. The molecule has 0 fully saturated rings. The summed E-state index contributed by atoms with van der Waals surface area (Å²) in [6.45, 7) is 3.80. The summed E-state index contributed by atoms with van der Waals surface area (Å²) in [4.78, 5) is 21.4. The van der Waals surface area contributed by atoms with Crippen LogP contribution < -0.4 is 5.32 Å². The van der Waals surface area contributed by atoms with E-state index in [2.05, 4.69) is 5.32 Å². The average molecular weight is 252 g/mol. The van der Waals surface area contributed by atoms with Gasteiger partial charge in [0.2, 0.25) is 0 Å². The van der Waals surface area contributed by atoms with E-state index in [4.69, 9.17) is 5.11 Å². The van der Waals surface area contributed by atoms with Crippen molar-refractivity contribution in [2.45, 2.75) is 26.3 Å². The topological polar surface area (TPSA) is 92.5 Å². The van der Waals surface area contributed by atoms with Crippen molar-refractivity contribution in [3.05, 3.63) is 34.4 Å². The highest BCUT2D eigenvalue weighted by Crippen LogP contribution is 2.25. The first-order valence-corrected chi connectivity index (χ1v) is 5.64. The Morgan fingerprint density at radius 3 is 2.56 bits per heavy atom. The molecule has 18 heavy (non-hydrogen) atoms. The van der Waals surface area contributed by atoms with Gasteiger partial charge in [0.25, 0.3) is 5.69 Å². The van der Waals surface area contributed by atoms with E-state index in [-0.39, 0.29) is 17.3 Å². The van der Waals surface area contributed by atoms with Crippen LogP contribution in [-0.2, 0) is 4.79 Å². The number of carboxylic acids is 1. The molecule has 1 aromatic rings. The second-order valence-electron chi connectivity index (χ2n) is 4.44. The van der Waals surface area contributed by atoms with Gasteiger partial charge in [-0.2, -0.15) is 0 Å². The van der Waals surface area contributed by atoms with Gasteiger partial charge in [-0.15, -0.1) is 0 Å². The van der Waals surface area contributed by atoms with Gasteiger partial charge in [0, 0.05) is 6.07 Å². The normalized spacial score (nSPS) is 12.2. The first kappa shape index (κ1) is 14.0. The van der Waals surface area contributed by atoms with E-state index >= 15 is 0 Å². The van der Waals surface area contributed by atoms with E-state index in [1.54, 1.807) is 12.1 Å². The summed E-state index contributed by atoms with van der Waals surface area (Å²) in [5, 5.41) is 22.6. The number of carboxylic acid groups (broad SMARTS) is 1. The summed E-state index contributed by atoms with van der Waals surface area (Å²) in [5.74, 6) is -0.830. The first-order valence-electron chi connectivity index (χ1n) is 5.64. The third-order valence-corrected chi connectivity index (χ3v) is 2.44. The Morgan fingerprint density at radius 2 is 2.06 bits per heavy atom. The standard InChI is InChI=1S/C12H16N2O4/c1-8(2)7-10(12(15)16)13-9-5-3-4-6-11(9)14(17)18/h3-6,8,10,13H,7H2,1-2H3,(H,15,16)/t10-/m1/s1. The highest BCUT2D eigenvalue weighted by atomic mass is 16.6. The molecule has 0 aliphatic heterocycles. The number of nitrogens with one attached hydrogen (secondary N) is 1. The number of rotatable bonds is 6. The highest BCUT2D eigenvalue weighted by Gasteiger charge is 2.22. The quantitative estimate of drug-likeness (QED) is 0.599. The predicted molar refractivity (Wildman–Crippen MR) is 67.6 cm³/mol. The molecule has 0 aliphatic carbocycles. The number of nitro groups is 1. The number of nitrogens with zero attached hydrogens (tertiary/aromatic N) is 1. The molecule has 6 heteroatoms. The number of anilines is 1. The van der Waals surface area contributed by atoms with E-state index in [1.807, 2.05) is 13.8 Å². The Labute approximate surface area is 105 Å². The van der Waals surface area contributed by atoms with Gasteiger partial charge in [0.05, 0.1) is 4.92 Å². The molecule has 0 saturated heterocycles. The van der Waals surface area contributed by atoms with Crippen LogP contribution in [0.15, 0.2) is 24.3 Å². The second kappa shape index (κ2) is 6.00. The van der Waals surface area contributed by atoms with E-state index in [9.17, 15) is 14.9 Å². The zero-order chi connectivity index (χ0) is 13.7. The third kappa shape index (κ3) is 3.73. The summed E-state index contributed by atoms with van der Waals surface area (Å²) < 4.78 is 0. The number of para-hydroxylation sites is 2. The average Bonchev–Trinajstić information content (AvgIpc) is 2.27. The van der Waals surface area contributed by atoms with Crippen molar-refractivity contribution in [1.82, 2.24) is 0 Å². The fraction of sp³-hybridized carbons (Fsp3) is 0.417. The van der Waals surface area contributed by atoms with Crippen LogP contribution in [0.3, 0.4) is 0 Å². The minimum Gasteiger partial charge on any atom is -0.480 e. The van der Waals surface area contributed by atoms with Crippen molar-refractivity contribution in [2.75, 3.05) is 5.32 Å². The van der Waals surface area contributed by atoms with Crippen molar-refractivity contribution in [3.63, 3.8) is 0 Å². The SMILES string of the molecule is CC(C)C[C@@H](Nc1ccccc1[N+](=O)[O-])C(=O)O. The van der Waals surface area contributed by atoms with Crippen molar-refractivity contribution in [1.29, 1.82) is 0 Å². The lowest BCUT2D eigenvalue weighted by Crippen LogP contribution is -2.30. The van der Waals surface area contributed by atoms with Gasteiger partial charge in [-0.05, 0) is 18.4 Å². The van der Waals surface area contributed by atoms with Crippen LogP contribution in [0.1, 0.15) is 20.3 Å². The van der Waals surface area contributed by atoms with Gasteiger partial charge in [-0.1, -0.05) is 26.0 Å². The largest absolute Gasteiger partial charge is 0.480 e. The maximum absolute atomic E-state index is 11.1. The lowest BCUT2D eigenvalue weighted by Gasteiger charge is -2.17. The van der Waals surface area contributed by atoms with Crippen LogP contribution in [0, 0.1) is 16.0 Å². The lowest BCUT2D eigenvalue weighted by atomic mass is 10.0. The van der Waals surface area contributed by atoms with Crippen LogP contribution in [0.4, 0.5) is 11.4 Å². The predicted octanol–water partition coefficient (Wildman–Crippen LogP) is 2.51. The molecule has 0 aliphatic rings.